The summed E-state index contributed by atoms with van der Waals surface area (Å²) in [5.41, 5.74) is 2.82. The van der Waals surface area contributed by atoms with E-state index in [1.807, 2.05) is 85.8 Å². The van der Waals surface area contributed by atoms with Gasteiger partial charge in [0.1, 0.15) is 22.7 Å². The fourth-order valence-electron chi connectivity index (χ4n) is 10.4. The maximum Gasteiger partial charge on any atom is 0.141 e. The van der Waals surface area contributed by atoms with E-state index in [0.29, 0.717) is 38.9 Å². The quantitative estimate of drug-likeness (QED) is 0.134. The minimum atomic E-state index is -1.57. The van der Waals surface area contributed by atoms with E-state index in [9.17, 15) is 20.4 Å². The highest BCUT2D eigenvalue weighted by molar-refractivity contribution is 6.31. The van der Waals surface area contributed by atoms with E-state index in [2.05, 4.69) is 67.6 Å². The maximum atomic E-state index is 13.3. The summed E-state index contributed by atoms with van der Waals surface area (Å²) in [6, 6.07) is 48.4. The summed E-state index contributed by atoms with van der Waals surface area (Å²) in [5, 5.41) is 63.1. The van der Waals surface area contributed by atoms with Gasteiger partial charge in [-0.2, -0.15) is 0 Å². The van der Waals surface area contributed by atoms with Crippen molar-refractivity contribution < 1.29 is 20.4 Å². The van der Waals surface area contributed by atoms with Gasteiger partial charge in [-0.3, -0.25) is 0 Å². The molecule has 4 nitrogen and oxygen atoms in total. The molecule has 0 amide bonds. The molecule has 2 atom stereocenters. The lowest BCUT2D eigenvalue weighted by Gasteiger charge is -2.44. The Labute approximate surface area is 321 Å². The Bertz CT molecular complexity index is 3470. The molecule has 56 heavy (non-hydrogen) atoms. The largest absolute Gasteiger partial charge is 0.507 e. The Kier molecular flexibility index (Phi) is 5.94. The highest BCUT2D eigenvalue weighted by Crippen LogP contribution is 2.54. The van der Waals surface area contributed by atoms with E-state index in [-0.39, 0.29) is 11.5 Å². The molecule has 0 aromatic heterocycles. The molecule has 0 fully saturated rings. The maximum absolute atomic E-state index is 13.3. The molecule has 11 aromatic carbocycles. The number of phenols is 2. The molecule has 1 aliphatic carbocycles. The van der Waals surface area contributed by atoms with Crippen LogP contribution < -0.4 is 0 Å². The SMILES string of the molecule is Cc1cc2ccc3cc(O)c(-c4c(O)cc5ccc6cc(C7(O)c8ccccc8C(C)(O)c8cc9ccccc9cc87)cc7ccc4c5c67)c4ccc(c1)c2c34. The molecule has 4 heteroatoms. The normalized spacial score (nSPS) is 18.3. The summed E-state index contributed by atoms with van der Waals surface area (Å²) in [6.45, 7) is 3.92. The van der Waals surface area contributed by atoms with Gasteiger partial charge in [0.25, 0.3) is 0 Å². The van der Waals surface area contributed by atoms with Crippen LogP contribution in [0.2, 0.25) is 0 Å². The average Bonchev–Trinajstić information content (AvgIpc) is 3.20. The molecule has 0 aliphatic heterocycles. The average molecular weight is 723 g/mol. The van der Waals surface area contributed by atoms with Gasteiger partial charge in [-0.05, 0) is 159 Å². The number of benzene rings is 11. The Morgan fingerprint density at radius 2 is 0.821 bits per heavy atom. The van der Waals surface area contributed by atoms with Crippen LogP contribution in [0.3, 0.4) is 0 Å². The highest BCUT2D eigenvalue weighted by atomic mass is 16.3. The van der Waals surface area contributed by atoms with Gasteiger partial charge < -0.3 is 20.4 Å². The van der Waals surface area contributed by atoms with Crippen molar-refractivity contribution in [1.29, 1.82) is 0 Å². The number of aromatic hydroxyl groups is 2. The lowest BCUT2D eigenvalue weighted by Crippen LogP contribution is -2.42. The Balaban J connectivity index is 1.14. The van der Waals surface area contributed by atoms with Crippen molar-refractivity contribution in [2.75, 3.05) is 0 Å². The summed E-state index contributed by atoms with van der Waals surface area (Å²) in [7, 11) is 0. The fourth-order valence-corrected chi connectivity index (χ4v) is 10.4. The van der Waals surface area contributed by atoms with E-state index in [0.717, 1.165) is 75.4 Å². The van der Waals surface area contributed by atoms with Gasteiger partial charge >= 0.3 is 0 Å². The minimum absolute atomic E-state index is 0.0989. The van der Waals surface area contributed by atoms with Crippen molar-refractivity contribution in [2.45, 2.75) is 25.0 Å². The number of hydrogen-bond acceptors (Lipinski definition) is 4. The van der Waals surface area contributed by atoms with Crippen molar-refractivity contribution in [1.82, 2.24) is 0 Å². The predicted molar refractivity (Wildman–Crippen MR) is 229 cm³/mol. The van der Waals surface area contributed by atoms with Crippen molar-refractivity contribution in [3.63, 3.8) is 0 Å². The van der Waals surface area contributed by atoms with E-state index in [1.54, 1.807) is 6.07 Å². The van der Waals surface area contributed by atoms with Gasteiger partial charge in [0, 0.05) is 11.1 Å². The molecule has 0 saturated carbocycles. The van der Waals surface area contributed by atoms with Crippen LogP contribution in [-0.2, 0) is 11.2 Å². The molecule has 0 spiro atoms. The number of fused-ring (bicyclic) bond motifs is 3. The molecule has 0 radical (unpaired) electrons. The van der Waals surface area contributed by atoms with Gasteiger partial charge in [-0.1, -0.05) is 109 Å². The third kappa shape index (κ3) is 3.89. The zero-order chi connectivity index (χ0) is 37.8. The molecule has 0 bridgehead atoms. The number of rotatable bonds is 2. The fraction of sp³-hybridized carbons (Fsp3) is 0.0769. The second-order valence-corrected chi connectivity index (χ2v) is 16.1. The lowest BCUT2D eigenvalue weighted by atomic mass is 9.65. The first-order chi connectivity index (χ1) is 27.1. The Morgan fingerprint density at radius 3 is 1.36 bits per heavy atom. The summed E-state index contributed by atoms with van der Waals surface area (Å²) in [6.07, 6.45) is 0. The first-order valence-corrected chi connectivity index (χ1v) is 19.1. The monoisotopic (exact) mass is 722 g/mol. The molecular formula is C52H34O4. The van der Waals surface area contributed by atoms with Gasteiger partial charge in [0.05, 0.1) is 0 Å². The number of aliphatic hydroxyl groups is 2. The van der Waals surface area contributed by atoms with Crippen LogP contribution in [0.25, 0.3) is 86.5 Å². The van der Waals surface area contributed by atoms with Crippen LogP contribution in [0.4, 0.5) is 0 Å². The number of phenolic OH excluding ortho intramolecular Hbond substituents is 2. The van der Waals surface area contributed by atoms with Crippen LogP contribution in [-0.4, -0.2) is 20.4 Å². The first-order valence-electron chi connectivity index (χ1n) is 19.1. The molecule has 11 aromatic rings. The van der Waals surface area contributed by atoms with Crippen molar-refractivity contribution in [3.8, 4) is 22.6 Å². The minimum Gasteiger partial charge on any atom is -0.507 e. The Hall–Kier alpha value is -6.72. The van der Waals surface area contributed by atoms with Crippen LogP contribution >= 0.6 is 0 Å². The van der Waals surface area contributed by atoms with E-state index < -0.39 is 11.2 Å². The van der Waals surface area contributed by atoms with Gasteiger partial charge in [-0.25, -0.2) is 0 Å². The molecular weight excluding hydrogens is 689 g/mol. The van der Waals surface area contributed by atoms with Gasteiger partial charge in [-0.15, -0.1) is 0 Å². The zero-order valence-corrected chi connectivity index (χ0v) is 30.6. The smallest absolute Gasteiger partial charge is 0.141 e. The summed E-state index contributed by atoms with van der Waals surface area (Å²) in [4.78, 5) is 0. The molecule has 266 valence electrons. The lowest BCUT2D eigenvalue weighted by molar-refractivity contribution is 0.0619. The summed E-state index contributed by atoms with van der Waals surface area (Å²) in [5.74, 6) is 0.210. The van der Waals surface area contributed by atoms with Crippen LogP contribution in [0.5, 0.6) is 11.5 Å². The molecule has 4 N–H and O–H groups in total. The van der Waals surface area contributed by atoms with Crippen molar-refractivity contribution in [2.24, 2.45) is 0 Å². The van der Waals surface area contributed by atoms with Crippen molar-refractivity contribution >= 4 is 75.4 Å². The van der Waals surface area contributed by atoms with E-state index in [1.165, 1.54) is 5.56 Å². The third-order valence-corrected chi connectivity index (χ3v) is 12.8. The van der Waals surface area contributed by atoms with Crippen LogP contribution in [0.1, 0.15) is 40.3 Å². The number of aryl methyl sites for hydroxylation is 1. The van der Waals surface area contributed by atoms with E-state index >= 15 is 0 Å². The van der Waals surface area contributed by atoms with Crippen LogP contribution in [0.15, 0.2) is 146 Å². The first kappa shape index (κ1) is 31.6. The summed E-state index contributed by atoms with van der Waals surface area (Å²) < 4.78 is 0. The molecule has 2 unspecified atom stereocenters. The van der Waals surface area contributed by atoms with E-state index in [4.69, 9.17) is 0 Å². The second kappa shape index (κ2) is 10.5. The van der Waals surface area contributed by atoms with Gasteiger partial charge in [0.2, 0.25) is 0 Å². The molecule has 0 heterocycles. The van der Waals surface area contributed by atoms with Crippen LogP contribution in [0, 0.1) is 6.92 Å². The molecule has 0 saturated heterocycles. The molecule has 12 rings (SSSR count). The van der Waals surface area contributed by atoms with Gasteiger partial charge in [0.15, 0.2) is 0 Å². The van der Waals surface area contributed by atoms with Crippen molar-refractivity contribution in [3.05, 3.63) is 179 Å². The molecule has 1 aliphatic rings. The predicted octanol–water partition coefficient (Wildman–Crippen LogP) is 11.9. The number of hydrogen-bond donors (Lipinski definition) is 4. The Morgan fingerprint density at radius 1 is 0.393 bits per heavy atom. The standard InChI is InChI=1S/C52H34O4/c1-27-19-30-11-13-34-25-43(53)49(37-17-15-31(20-27)45(30)47(34)37)50-38-18-16-33-22-36(21-32-12-14-35(26-44(50)54)48(38)46(32)33)52(56)40-10-6-5-9-39(40)51(2,55)41-23-28-7-3-4-8-29(28)24-42(41)52/h3-26,53-56H,1-2H3. The summed E-state index contributed by atoms with van der Waals surface area (Å²) >= 11 is 0. The second-order valence-electron chi connectivity index (χ2n) is 16.1. The topological polar surface area (TPSA) is 80.9 Å². The highest BCUT2D eigenvalue weighted by Gasteiger charge is 2.48. The third-order valence-electron chi connectivity index (χ3n) is 12.8. The zero-order valence-electron chi connectivity index (χ0n) is 30.6.